The Kier molecular flexibility index (Phi) is 10.4. The van der Waals surface area contributed by atoms with E-state index < -0.39 is 0 Å². The Labute approximate surface area is 93.4 Å². The largest absolute Gasteiger partial charge is 0.452 e. The number of unbranched alkanes of at least 4 members (excludes halogenated alkanes) is 5. The van der Waals surface area contributed by atoms with Crippen LogP contribution in [0.15, 0.2) is 0 Å². The van der Waals surface area contributed by atoms with Gasteiger partial charge in [0.15, 0.2) is 6.61 Å². The summed E-state index contributed by atoms with van der Waals surface area (Å²) >= 11 is 0. The highest BCUT2D eigenvalue weighted by Crippen LogP contribution is 2.07. The Balaban J connectivity index is 3.19. The second-order valence-corrected chi connectivity index (χ2v) is 3.61. The first-order valence-electron chi connectivity index (χ1n) is 5.86. The monoisotopic (exact) mass is 210 g/mol. The molecule has 0 aliphatic heterocycles. The summed E-state index contributed by atoms with van der Waals surface area (Å²) in [5.74, 6) is 5.27. The Bertz CT molecular complexity index is 210. The molecule has 0 fully saturated rings. The Hall–Kier alpha value is -0.970. The van der Waals surface area contributed by atoms with Crippen LogP contribution in [0.2, 0.25) is 0 Å². The second-order valence-electron chi connectivity index (χ2n) is 3.61. The van der Waals surface area contributed by atoms with E-state index in [4.69, 9.17) is 4.74 Å². The molecule has 0 aromatic carbocycles. The van der Waals surface area contributed by atoms with Crippen LogP contribution in [0.4, 0.5) is 0 Å². The lowest BCUT2D eigenvalue weighted by Crippen LogP contribution is -2.04. The topological polar surface area (TPSA) is 26.3 Å². The minimum absolute atomic E-state index is 0.117. The number of rotatable bonds is 8. The van der Waals surface area contributed by atoms with Crippen LogP contribution in [0.1, 0.15) is 58.8 Å². The van der Waals surface area contributed by atoms with Gasteiger partial charge < -0.3 is 4.74 Å². The van der Waals surface area contributed by atoms with Crippen LogP contribution in [0, 0.1) is 11.8 Å². The smallest absolute Gasteiger partial charge is 0.306 e. The standard InChI is InChI=1S/C13H22O2/c1-3-5-7-8-9-10-11-13(14)15-12-6-4-2/h3,5,7-12H2,1-2H3. The van der Waals surface area contributed by atoms with Crippen LogP contribution in [0.3, 0.4) is 0 Å². The first kappa shape index (κ1) is 14.0. The van der Waals surface area contributed by atoms with Gasteiger partial charge in [-0.05, 0) is 13.3 Å². The number of carbonyl (C=O) groups is 1. The highest BCUT2D eigenvalue weighted by molar-refractivity contribution is 5.69. The molecule has 0 unspecified atom stereocenters. The third kappa shape index (κ3) is 11.0. The predicted octanol–water partition coefficient (Wildman–Crippen LogP) is 3.30. The van der Waals surface area contributed by atoms with E-state index in [0.717, 1.165) is 12.8 Å². The first-order valence-corrected chi connectivity index (χ1v) is 5.86. The van der Waals surface area contributed by atoms with Gasteiger partial charge in [0.25, 0.3) is 0 Å². The Morgan fingerprint density at radius 1 is 1.13 bits per heavy atom. The van der Waals surface area contributed by atoms with E-state index in [0.29, 0.717) is 6.42 Å². The summed E-state index contributed by atoms with van der Waals surface area (Å²) in [6, 6.07) is 0. The minimum Gasteiger partial charge on any atom is -0.452 e. The van der Waals surface area contributed by atoms with Gasteiger partial charge in [0, 0.05) is 6.42 Å². The number of esters is 1. The summed E-state index contributed by atoms with van der Waals surface area (Å²) in [4.78, 5) is 11.1. The van der Waals surface area contributed by atoms with Crippen molar-refractivity contribution in [2.24, 2.45) is 0 Å². The fourth-order valence-corrected chi connectivity index (χ4v) is 1.31. The molecule has 0 atom stereocenters. The fourth-order valence-electron chi connectivity index (χ4n) is 1.31. The maximum atomic E-state index is 11.1. The van der Waals surface area contributed by atoms with E-state index >= 15 is 0 Å². The zero-order valence-corrected chi connectivity index (χ0v) is 9.97. The first-order chi connectivity index (χ1) is 7.31. The third-order valence-corrected chi connectivity index (χ3v) is 2.22. The average molecular weight is 210 g/mol. The second kappa shape index (κ2) is 11.1. The number of carbonyl (C=O) groups excluding carboxylic acids is 1. The molecule has 0 spiro atoms. The molecule has 0 amide bonds. The zero-order chi connectivity index (χ0) is 11.4. The Morgan fingerprint density at radius 2 is 1.80 bits per heavy atom. The summed E-state index contributed by atoms with van der Waals surface area (Å²) < 4.78 is 4.90. The molecule has 0 saturated heterocycles. The predicted molar refractivity (Wildman–Crippen MR) is 62.4 cm³/mol. The van der Waals surface area contributed by atoms with Crippen LogP contribution in [0.25, 0.3) is 0 Å². The van der Waals surface area contributed by atoms with Gasteiger partial charge in [0.05, 0.1) is 0 Å². The highest BCUT2D eigenvalue weighted by Gasteiger charge is 2.00. The van der Waals surface area contributed by atoms with Crippen LogP contribution < -0.4 is 0 Å². The molecule has 2 heteroatoms. The zero-order valence-electron chi connectivity index (χ0n) is 9.97. The molecule has 0 aromatic rings. The fraction of sp³-hybridized carbons (Fsp3) is 0.769. The number of ether oxygens (including phenoxy) is 1. The minimum atomic E-state index is -0.117. The van der Waals surface area contributed by atoms with E-state index in [9.17, 15) is 4.79 Å². The molecule has 0 aromatic heterocycles. The van der Waals surface area contributed by atoms with Crippen LogP contribution >= 0.6 is 0 Å². The molecule has 0 saturated carbocycles. The van der Waals surface area contributed by atoms with Gasteiger partial charge in [-0.3, -0.25) is 4.79 Å². The van der Waals surface area contributed by atoms with Crippen LogP contribution in [0.5, 0.6) is 0 Å². The molecule has 15 heavy (non-hydrogen) atoms. The van der Waals surface area contributed by atoms with E-state index in [1.807, 2.05) is 0 Å². The molecule has 86 valence electrons. The van der Waals surface area contributed by atoms with Crippen LogP contribution in [-0.4, -0.2) is 12.6 Å². The maximum Gasteiger partial charge on any atom is 0.306 e. The van der Waals surface area contributed by atoms with Crippen molar-refractivity contribution in [2.45, 2.75) is 58.8 Å². The molecular formula is C13H22O2. The Morgan fingerprint density at radius 3 is 2.47 bits per heavy atom. The van der Waals surface area contributed by atoms with Gasteiger partial charge in [0.1, 0.15) is 0 Å². The summed E-state index contributed by atoms with van der Waals surface area (Å²) in [6.45, 7) is 4.18. The van der Waals surface area contributed by atoms with Crippen LogP contribution in [-0.2, 0) is 9.53 Å². The number of hydrogen-bond acceptors (Lipinski definition) is 2. The quantitative estimate of drug-likeness (QED) is 0.349. The summed E-state index contributed by atoms with van der Waals surface area (Å²) in [6.07, 6.45) is 7.70. The van der Waals surface area contributed by atoms with Gasteiger partial charge >= 0.3 is 5.97 Å². The normalized spacial score (nSPS) is 9.20. The van der Waals surface area contributed by atoms with Gasteiger partial charge in [0.2, 0.25) is 0 Å². The maximum absolute atomic E-state index is 11.1. The average Bonchev–Trinajstić information content (AvgIpc) is 2.23. The molecule has 0 heterocycles. The van der Waals surface area contributed by atoms with Crippen molar-refractivity contribution in [2.75, 3.05) is 6.61 Å². The lowest BCUT2D eigenvalue weighted by Gasteiger charge is -2.01. The van der Waals surface area contributed by atoms with Gasteiger partial charge in [-0.2, -0.15) is 0 Å². The molecule has 0 rings (SSSR count). The lowest BCUT2D eigenvalue weighted by atomic mass is 10.1. The van der Waals surface area contributed by atoms with E-state index in [2.05, 4.69) is 18.8 Å². The van der Waals surface area contributed by atoms with Gasteiger partial charge in [-0.1, -0.05) is 44.9 Å². The molecule has 2 nitrogen and oxygen atoms in total. The summed E-state index contributed by atoms with van der Waals surface area (Å²) in [5.41, 5.74) is 0. The van der Waals surface area contributed by atoms with Gasteiger partial charge in [-0.25, -0.2) is 0 Å². The summed E-state index contributed by atoms with van der Waals surface area (Å²) in [7, 11) is 0. The van der Waals surface area contributed by atoms with Crippen molar-refractivity contribution in [3.8, 4) is 11.8 Å². The highest BCUT2D eigenvalue weighted by atomic mass is 16.5. The van der Waals surface area contributed by atoms with Crippen molar-refractivity contribution < 1.29 is 9.53 Å². The molecule has 0 radical (unpaired) electrons. The van der Waals surface area contributed by atoms with E-state index in [1.165, 1.54) is 25.7 Å². The third-order valence-electron chi connectivity index (χ3n) is 2.22. The van der Waals surface area contributed by atoms with Crippen molar-refractivity contribution >= 4 is 5.97 Å². The lowest BCUT2D eigenvalue weighted by molar-refractivity contribution is -0.142. The molecule has 0 aliphatic rings. The van der Waals surface area contributed by atoms with E-state index in [-0.39, 0.29) is 12.6 Å². The SMILES string of the molecule is CC#CCOC(=O)CCCCCCCC. The van der Waals surface area contributed by atoms with E-state index in [1.54, 1.807) is 6.92 Å². The van der Waals surface area contributed by atoms with Gasteiger partial charge in [-0.15, -0.1) is 5.92 Å². The molecular weight excluding hydrogens is 188 g/mol. The number of hydrogen-bond donors (Lipinski definition) is 0. The summed E-state index contributed by atoms with van der Waals surface area (Å²) in [5, 5.41) is 0. The van der Waals surface area contributed by atoms with Crippen molar-refractivity contribution in [3.05, 3.63) is 0 Å². The molecule has 0 bridgehead atoms. The molecule has 0 N–H and O–H groups in total. The van der Waals surface area contributed by atoms with Crippen molar-refractivity contribution in [1.29, 1.82) is 0 Å². The van der Waals surface area contributed by atoms with Crippen molar-refractivity contribution in [3.63, 3.8) is 0 Å². The van der Waals surface area contributed by atoms with Crippen molar-refractivity contribution in [1.82, 2.24) is 0 Å². The molecule has 0 aliphatic carbocycles.